The number of nitrogens with zero attached hydrogens (tertiary/aromatic N) is 2. The molecule has 1 atom stereocenters. The molecule has 0 fully saturated rings. The van der Waals surface area contributed by atoms with E-state index >= 15 is 0 Å². The number of aromatic hydroxyl groups is 1. The van der Waals surface area contributed by atoms with Gasteiger partial charge in [-0.15, -0.1) is 0 Å². The van der Waals surface area contributed by atoms with Gasteiger partial charge < -0.3 is 19.8 Å². The number of carboxylic acid groups (broad SMARTS) is 1. The Morgan fingerprint density at radius 1 is 1.28 bits per heavy atom. The van der Waals surface area contributed by atoms with Gasteiger partial charge in [-0.05, 0) is 44.2 Å². The maximum absolute atomic E-state index is 13.0. The van der Waals surface area contributed by atoms with E-state index in [4.69, 9.17) is 0 Å². The van der Waals surface area contributed by atoms with Gasteiger partial charge in [0.15, 0.2) is 5.56 Å². The Kier molecular flexibility index (Phi) is 6.10. The molecule has 0 aliphatic carbocycles. The smallest absolute Gasteiger partial charge is 0.403 e. The van der Waals surface area contributed by atoms with Crippen LogP contribution < -0.4 is 5.56 Å². The Hall–Kier alpha value is -3.27. The lowest BCUT2D eigenvalue weighted by molar-refractivity contribution is -0.176. The van der Waals surface area contributed by atoms with Crippen LogP contribution in [0, 0.1) is 0 Å². The number of hydrogen-bond donors (Lipinski definition) is 3. The van der Waals surface area contributed by atoms with E-state index in [1.165, 1.54) is 11.9 Å². The number of aromatic amines is 1. The van der Waals surface area contributed by atoms with Crippen molar-refractivity contribution in [3.63, 3.8) is 0 Å². The van der Waals surface area contributed by atoms with Crippen molar-refractivity contribution in [3.05, 3.63) is 51.4 Å². The molecule has 0 saturated heterocycles. The Bertz CT molecular complexity index is 1240. The molecule has 0 aliphatic rings. The minimum absolute atomic E-state index is 0.0757. The van der Waals surface area contributed by atoms with E-state index in [2.05, 4.69) is 4.98 Å². The van der Waals surface area contributed by atoms with Crippen LogP contribution >= 0.6 is 0 Å². The highest BCUT2D eigenvalue weighted by molar-refractivity contribution is 5.92. The molecule has 3 aromatic rings. The fourth-order valence-electron chi connectivity index (χ4n) is 3.77. The number of fused-ring (bicyclic) bond motifs is 1. The highest BCUT2D eigenvalue weighted by Gasteiger charge is 2.38. The molecule has 2 heterocycles. The van der Waals surface area contributed by atoms with Crippen LogP contribution in [0.2, 0.25) is 0 Å². The fraction of sp³-hybridized carbons (Fsp3) is 0.364. The Labute approximate surface area is 181 Å². The number of nitrogens with one attached hydrogen (secondary N) is 1. The summed E-state index contributed by atoms with van der Waals surface area (Å²) in [6.45, 7) is 2.91. The molecule has 0 spiro atoms. The minimum Gasteiger partial charge on any atom is -0.506 e. The lowest BCUT2D eigenvalue weighted by atomic mass is 9.99. The number of aryl methyl sites for hydroxylation is 1. The Morgan fingerprint density at radius 3 is 2.50 bits per heavy atom. The highest BCUT2D eigenvalue weighted by atomic mass is 19.4. The number of benzene rings is 1. The van der Waals surface area contributed by atoms with Crippen molar-refractivity contribution < 1.29 is 28.2 Å². The number of hydrogen-bond acceptors (Lipinski definition) is 4. The molecule has 0 bridgehead atoms. The third-order valence-electron chi connectivity index (χ3n) is 5.83. The molecule has 3 N–H and O–H groups in total. The van der Waals surface area contributed by atoms with E-state index in [0.717, 1.165) is 17.8 Å². The maximum Gasteiger partial charge on any atom is 0.403 e. The van der Waals surface area contributed by atoms with Crippen LogP contribution in [0.1, 0.15) is 35.5 Å². The van der Waals surface area contributed by atoms with Crippen LogP contribution in [0.3, 0.4) is 0 Å². The average Bonchev–Trinajstić information content (AvgIpc) is 3.00. The van der Waals surface area contributed by atoms with Crippen molar-refractivity contribution in [2.24, 2.45) is 7.05 Å². The van der Waals surface area contributed by atoms with E-state index < -0.39 is 35.1 Å². The minimum atomic E-state index is -4.33. The summed E-state index contributed by atoms with van der Waals surface area (Å²) in [5.41, 5.74) is 0.959. The van der Waals surface area contributed by atoms with E-state index in [9.17, 15) is 33.0 Å². The van der Waals surface area contributed by atoms with Gasteiger partial charge in [0.25, 0.3) is 5.56 Å². The SMILES string of the molecule is CCc1c(-c2ccc3c(c2)cc(CN(C)C(C)C(F)(F)F)n3C)[nH]c(=O)c(C(=O)O)c1O. The molecule has 0 amide bonds. The summed E-state index contributed by atoms with van der Waals surface area (Å²) in [6, 6.07) is 5.38. The van der Waals surface area contributed by atoms with Crippen LogP contribution in [-0.2, 0) is 20.0 Å². The molecule has 10 heteroatoms. The zero-order valence-corrected chi connectivity index (χ0v) is 18.0. The van der Waals surface area contributed by atoms with Crippen molar-refractivity contribution in [2.75, 3.05) is 7.05 Å². The van der Waals surface area contributed by atoms with Crippen LogP contribution in [0.15, 0.2) is 29.1 Å². The van der Waals surface area contributed by atoms with Gasteiger partial charge in [-0.2, -0.15) is 13.2 Å². The molecule has 1 aromatic carbocycles. The number of carboxylic acids is 1. The second-order valence-corrected chi connectivity index (χ2v) is 7.79. The molecule has 1 unspecified atom stereocenters. The molecule has 172 valence electrons. The molecular weight excluding hydrogens is 427 g/mol. The number of halogens is 3. The van der Waals surface area contributed by atoms with Gasteiger partial charge in [0.05, 0.1) is 5.69 Å². The molecule has 0 aliphatic heterocycles. The third-order valence-corrected chi connectivity index (χ3v) is 5.83. The first-order valence-corrected chi connectivity index (χ1v) is 9.93. The zero-order valence-electron chi connectivity index (χ0n) is 18.0. The number of alkyl halides is 3. The van der Waals surface area contributed by atoms with Crippen LogP contribution in [0.25, 0.3) is 22.2 Å². The Morgan fingerprint density at radius 2 is 1.94 bits per heavy atom. The summed E-state index contributed by atoms with van der Waals surface area (Å²) in [7, 11) is 3.17. The zero-order chi connectivity index (χ0) is 24.0. The summed E-state index contributed by atoms with van der Waals surface area (Å²) in [4.78, 5) is 27.3. The molecule has 0 saturated carbocycles. The van der Waals surface area contributed by atoms with Gasteiger partial charge in [-0.3, -0.25) is 9.69 Å². The molecule has 7 nitrogen and oxygen atoms in total. The van der Waals surface area contributed by atoms with E-state index in [0.29, 0.717) is 17.0 Å². The second kappa shape index (κ2) is 8.34. The van der Waals surface area contributed by atoms with E-state index in [-0.39, 0.29) is 18.5 Å². The van der Waals surface area contributed by atoms with Crippen LogP contribution in [0.5, 0.6) is 5.75 Å². The summed E-state index contributed by atoms with van der Waals surface area (Å²) in [5, 5.41) is 20.3. The predicted octanol–water partition coefficient (Wildman–Crippen LogP) is 3.88. The number of pyridine rings is 1. The lowest BCUT2D eigenvalue weighted by Gasteiger charge is -2.26. The van der Waals surface area contributed by atoms with Crippen molar-refractivity contribution in [1.29, 1.82) is 0 Å². The highest BCUT2D eigenvalue weighted by Crippen LogP contribution is 2.33. The number of H-pyrrole nitrogens is 1. The van der Waals surface area contributed by atoms with Gasteiger partial charge >= 0.3 is 12.1 Å². The van der Waals surface area contributed by atoms with Crippen molar-refractivity contribution in [1.82, 2.24) is 14.5 Å². The normalized spacial score (nSPS) is 13.1. The number of carbonyl (C=O) groups is 1. The van der Waals surface area contributed by atoms with Crippen molar-refractivity contribution in [3.8, 4) is 17.0 Å². The number of aromatic carboxylic acids is 1. The summed E-state index contributed by atoms with van der Waals surface area (Å²) in [6.07, 6.45) is -4.06. The topological polar surface area (TPSA) is 98.6 Å². The fourth-order valence-corrected chi connectivity index (χ4v) is 3.77. The number of rotatable bonds is 6. The van der Waals surface area contributed by atoms with Crippen LogP contribution in [-0.4, -0.2) is 49.9 Å². The summed E-state index contributed by atoms with van der Waals surface area (Å²) < 4.78 is 40.9. The Balaban J connectivity index is 2.07. The maximum atomic E-state index is 13.0. The largest absolute Gasteiger partial charge is 0.506 e. The predicted molar refractivity (Wildman–Crippen MR) is 114 cm³/mol. The van der Waals surface area contributed by atoms with Crippen LogP contribution in [0.4, 0.5) is 13.2 Å². The van der Waals surface area contributed by atoms with E-state index in [1.807, 2.05) is 0 Å². The monoisotopic (exact) mass is 451 g/mol. The second-order valence-electron chi connectivity index (χ2n) is 7.79. The molecule has 3 rings (SSSR count). The van der Waals surface area contributed by atoms with Gasteiger partial charge in [-0.25, -0.2) is 4.79 Å². The molecule has 2 aromatic heterocycles. The van der Waals surface area contributed by atoms with Crippen molar-refractivity contribution in [2.45, 2.75) is 39.0 Å². The first-order chi connectivity index (χ1) is 14.9. The average molecular weight is 451 g/mol. The number of aromatic nitrogens is 2. The van der Waals surface area contributed by atoms with Gasteiger partial charge in [-0.1, -0.05) is 13.0 Å². The van der Waals surface area contributed by atoms with E-state index in [1.54, 1.807) is 42.8 Å². The molecular formula is C22H24F3N3O4. The molecule has 32 heavy (non-hydrogen) atoms. The first kappa shape index (κ1) is 23.4. The van der Waals surface area contributed by atoms with Gasteiger partial charge in [0.2, 0.25) is 0 Å². The summed E-state index contributed by atoms with van der Waals surface area (Å²) in [5.74, 6) is -2.10. The third kappa shape index (κ3) is 4.10. The van der Waals surface area contributed by atoms with Crippen molar-refractivity contribution >= 4 is 16.9 Å². The first-order valence-electron chi connectivity index (χ1n) is 9.93. The van der Waals surface area contributed by atoms with Gasteiger partial charge in [0, 0.05) is 35.8 Å². The molecule has 0 radical (unpaired) electrons. The van der Waals surface area contributed by atoms with Gasteiger partial charge in [0.1, 0.15) is 11.8 Å². The quantitative estimate of drug-likeness (QED) is 0.528. The lowest BCUT2D eigenvalue weighted by Crippen LogP contribution is -2.40. The standard InChI is InChI=1S/C22H24F3N3O4/c1-5-15-18(26-20(30)17(19(15)29)21(31)32)12-6-7-16-13(8-12)9-14(28(16)4)10-27(3)11(2)22(23,24)25/h6-9,11H,5,10H2,1-4H3,(H,31,32)(H2,26,29,30). The summed E-state index contributed by atoms with van der Waals surface area (Å²) >= 11 is 0.